The van der Waals surface area contributed by atoms with Crippen molar-refractivity contribution in [2.24, 2.45) is 0 Å². The monoisotopic (exact) mass is 364 g/mol. The van der Waals surface area contributed by atoms with Crippen molar-refractivity contribution in [1.29, 1.82) is 0 Å². The molecule has 0 saturated heterocycles. The van der Waals surface area contributed by atoms with Gasteiger partial charge in [0.25, 0.3) is 5.89 Å². The fourth-order valence-electron chi connectivity index (χ4n) is 2.66. The van der Waals surface area contributed by atoms with Gasteiger partial charge < -0.3 is 14.6 Å². The number of amides is 1. The second kappa shape index (κ2) is 6.87. The molecule has 0 saturated carbocycles. The molecule has 0 atom stereocenters. The lowest BCUT2D eigenvalue weighted by molar-refractivity contribution is -0.115. The number of nitrogens with one attached hydrogen (secondary N) is 1. The highest BCUT2D eigenvalue weighted by atomic mass is 16.5. The fourth-order valence-corrected chi connectivity index (χ4v) is 2.66. The van der Waals surface area contributed by atoms with Crippen molar-refractivity contribution in [3.63, 3.8) is 0 Å². The van der Waals surface area contributed by atoms with Gasteiger partial charge in [-0.2, -0.15) is 4.98 Å². The Balaban J connectivity index is 1.52. The SMILES string of the molecule is COc1cccc(NC(=O)Cc2nnc3cc(-c4nc(C)no4)ccn23)c1. The number of nitrogens with zero attached hydrogens (tertiary/aromatic N) is 5. The van der Waals surface area contributed by atoms with Crippen molar-refractivity contribution in [1.82, 2.24) is 24.7 Å². The highest BCUT2D eigenvalue weighted by Crippen LogP contribution is 2.20. The summed E-state index contributed by atoms with van der Waals surface area (Å²) in [4.78, 5) is 16.5. The summed E-state index contributed by atoms with van der Waals surface area (Å²) in [5.74, 6) is 1.97. The summed E-state index contributed by atoms with van der Waals surface area (Å²) in [5, 5.41) is 14.8. The minimum atomic E-state index is -0.200. The molecular weight excluding hydrogens is 348 g/mol. The van der Waals surface area contributed by atoms with Gasteiger partial charge in [0.1, 0.15) is 11.6 Å². The van der Waals surface area contributed by atoms with E-state index in [0.29, 0.717) is 34.6 Å². The van der Waals surface area contributed by atoms with E-state index in [4.69, 9.17) is 9.26 Å². The number of ether oxygens (including phenoxy) is 1. The molecule has 9 nitrogen and oxygen atoms in total. The Kier molecular flexibility index (Phi) is 4.25. The Labute approximate surface area is 154 Å². The predicted molar refractivity (Wildman–Crippen MR) is 96.3 cm³/mol. The predicted octanol–water partition coefficient (Wildman–Crippen LogP) is 2.28. The first-order chi connectivity index (χ1) is 13.1. The number of rotatable bonds is 5. The molecule has 27 heavy (non-hydrogen) atoms. The van der Waals surface area contributed by atoms with Crippen LogP contribution in [-0.4, -0.2) is 37.8 Å². The molecule has 3 heterocycles. The number of pyridine rings is 1. The molecule has 9 heteroatoms. The lowest BCUT2D eigenvalue weighted by atomic mass is 10.2. The summed E-state index contributed by atoms with van der Waals surface area (Å²) in [6.07, 6.45) is 1.86. The molecular formula is C18H16N6O3. The van der Waals surface area contributed by atoms with Crippen molar-refractivity contribution in [2.45, 2.75) is 13.3 Å². The van der Waals surface area contributed by atoms with Crippen LogP contribution >= 0.6 is 0 Å². The van der Waals surface area contributed by atoms with E-state index < -0.39 is 0 Å². The third-order valence-corrected chi connectivity index (χ3v) is 3.93. The van der Waals surface area contributed by atoms with Crippen LogP contribution in [-0.2, 0) is 11.2 Å². The van der Waals surface area contributed by atoms with Crippen LogP contribution in [0.5, 0.6) is 5.75 Å². The molecule has 4 aromatic rings. The topological polar surface area (TPSA) is 107 Å². The number of carbonyl (C=O) groups excluding carboxylic acids is 1. The fraction of sp³-hybridized carbons (Fsp3) is 0.167. The van der Waals surface area contributed by atoms with E-state index in [9.17, 15) is 4.79 Å². The minimum absolute atomic E-state index is 0.0807. The van der Waals surface area contributed by atoms with Gasteiger partial charge in [-0.1, -0.05) is 11.2 Å². The van der Waals surface area contributed by atoms with Crippen molar-refractivity contribution < 1.29 is 14.1 Å². The number of methoxy groups -OCH3 is 1. The molecule has 3 aromatic heterocycles. The van der Waals surface area contributed by atoms with Gasteiger partial charge in [-0.25, -0.2) is 0 Å². The number of hydrogen-bond donors (Lipinski definition) is 1. The summed E-state index contributed by atoms with van der Waals surface area (Å²) in [7, 11) is 1.58. The van der Waals surface area contributed by atoms with Crippen LogP contribution < -0.4 is 10.1 Å². The van der Waals surface area contributed by atoms with Crippen LogP contribution in [0.4, 0.5) is 5.69 Å². The van der Waals surface area contributed by atoms with Gasteiger partial charge >= 0.3 is 0 Å². The Hall–Kier alpha value is -3.75. The summed E-state index contributed by atoms with van der Waals surface area (Å²) < 4.78 is 12.1. The van der Waals surface area contributed by atoms with E-state index >= 15 is 0 Å². The molecule has 0 bridgehead atoms. The van der Waals surface area contributed by atoms with E-state index in [0.717, 1.165) is 5.56 Å². The summed E-state index contributed by atoms with van der Waals surface area (Å²) >= 11 is 0. The molecule has 1 aromatic carbocycles. The Morgan fingerprint density at radius 3 is 2.93 bits per heavy atom. The zero-order valence-corrected chi connectivity index (χ0v) is 14.7. The maximum absolute atomic E-state index is 12.3. The van der Waals surface area contributed by atoms with Crippen LogP contribution in [0, 0.1) is 6.92 Å². The summed E-state index contributed by atoms with van der Waals surface area (Å²) in [5.41, 5.74) is 1.98. The van der Waals surface area contributed by atoms with Gasteiger partial charge in [-0.15, -0.1) is 10.2 Å². The second-order valence-corrected chi connectivity index (χ2v) is 5.86. The number of benzene rings is 1. The summed E-state index contributed by atoms with van der Waals surface area (Å²) in [6, 6.07) is 10.8. The first kappa shape index (κ1) is 16.7. The Bertz CT molecular complexity index is 1120. The van der Waals surface area contributed by atoms with E-state index in [-0.39, 0.29) is 12.3 Å². The number of anilines is 1. The molecule has 136 valence electrons. The van der Waals surface area contributed by atoms with E-state index in [2.05, 4.69) is 25.7 Å². The quantitative estimate of drug-likeness (QED) is 0.579. The molecule has 0 unspecified atom stereocenters. The minimum Gasteiger partial charge on any atom is -0.497 e. The van der Waals surface area contributed by atoms with Crippen molar-refractivity contribution in [3.05, 3.63) is 54.2 Å². The maximum Gasteiger partial charge on any atom is 0.258 e. The van der Waals surface area contributed by atoms with Crippen molar-refractivity contribution >= 4 is 17.2 Å². The Morgan fingerprint density at radius 2 is 2.15 bits per heavy atom. The van der Waals surface area contributed by atoms with Gasteiger partial charge in [-0.05, 0) is 31.2 Å². The molecule has 0 fully saturated rings. The van der Waals surface area contributed by atoms with Crippen LogP contribution in [0.2, 0.25) is 0 Å². The van der Waals surface area contributed by atoms with Gasteiger partial charge in [0.2, 0.25) is 5.91 Å². The summed E-state index contributed by atoms with van der Waals surface area (Å²) in [6.45, 7) is 1.75. The van der Waals surface area contributed by atoms with Gasteiger partial charge in [0.15, 0.2) is 11.5 Å². The van der Waals surface area contributed by atoms with Crippen LogP contribution in [0.25, 0.3) is 17.1 Å². The first-order valence-corrected chi connectivity index (χ1v) is 8.20. The molecule has 1 N–H and O–H groups in total. The zero-order valence-electron chi connectivity index (χ0n) is 14.7. The van der Waals surface area contributed by atoms with Gasteiger partial charge in [0.05, 0.1) is 13.5 Å². The lowest BCUT2D eigenvalue weighted by Gasteiger charge is -2.06. The van der Waals surface area contributed by atoms with Crippen LogP contribution in [0.1, 0.15) is 11.6 Å². The largest absolute Gasteiger partial charge is 0.497 e. The highest BCUT2D eigenvalue weighted by Gasteiger charge is 2.13. The first-order valence-electron chi connectivity index (χ1n) is 8.20. The molecule has 4 rings (SSSR count). The molecule has 0 aliphatic rings. The normalized spacial score (nSPS) is 10.9. The van der Waals surface area contributed by atoms with Crippen molar-refractivity contribution in [2.75, 3.05) is 12.4 Å². The standard InChI is InChI=1S/C18H16N6O3/c1-11-19-18(27-23-11)12-6-7-24-15(8-12)21-22-16(24)10-17(25)20-13-4-3-5-14(9-13)26-2/h3-9H,10H2,1-2H3,(H,20,25). The lowest BCUT2D eigenvalue weighted by Crippen LogP contribution is -2.16. The van der Waals surface area contributed by atoms with E-state index in [1.54, 1.807) is 42.8 Å². The zero-order chi connectivity index (χ0) is 18.8. The number of hydrogen-bond acceptors (Lipinski definition) is 7. The van der Waals surface area contributed by atoms with Gasteiger partial charge in [0, 0.05) is 23.5 Å². The van der Waals surface area contributed by atoms with Crippen LogP contribution in [0.3, 0.4) is 0 Å². The average molecular weight is 364 g/mol. The number of fused-ring (bicyclic) bond motifs is 1. The van der Waals surface area contributed by atoms with Gasteiger partial charge in [-0.3, -0.25) is 9.20 Å². The molecule has 0 aliphatic heterocycles. The number of aryl methyl sites for hydroxylation is 1. The highest BCUT2D eigenvalue weighted by molar-refractivity contribution is 5.92. The molecule has 0 aliphatic carbocycles. The third kappa shape index (κ3) is 3.47. The average Bonchev–Trinajstić information content (AvgIpc) is 3.28. The molecule has 1 amide bonds. The Morgan fingerprint density at radius 1 is 1.26 bits per heavy atom. The number of aromatic nitrogens is 5. The van der Waals surface area contributed by atoms with Crippen LogP contribution in [0.15, 0.2) is 47.1 Å². The third-order valence-electron chi connectivity index (χ3n) is 3.93. The van der Waals surface area contributed by atoms with E-state index in [1.165, 1.54) is 0 Å². The molecule has 0 spiro atoms. The molecule has 0 radical (unpaired) electrons. The van der Waals surface area contributed by atoms with Crippen molar-refractivity contribution in [3.8, 4) is 17.2 Å². The van der Waals surface area contributed by atoms with E-state index in [1.807, 2.05) is 18.2 Å². The second-order valence-electron chi connectivity index (χ2n) is 5.86. The number of carbonyl (C=O) groups is 1. The maximum atomic E-state index is 12.3. The smallest absolute Gasteiger partial charge is 0.258 e.